The summed E-state index contributed by atoms with van der Waals surface area (Å²) in [6, 6.07) is 8.37. The Kier molecular flexibility index (Phi) is 6.84. The first-order chi connectivity index (χ1) is 9.05. The summed E-state index contributed by atoms with van der Waals surface area (Å²) in [5, 5.41) is 13.9. The molecule has 2 nitrogen and oxygen atoms in total. The van der Waals surface area contributed by atoms with Crippen LogP contribution in [-0.2, 0) is 6.42 Å². The number of nitrogens with one attached hydrogen (secondary N) is 1. The zero-order chi connectivity index (χ0) is 14.3. The van der Waals surface area contributed by atoms with E-state index in [2.05, 4.69) is 32.2 Å². The number of aliphatic hydroxyl groups is 1. The van der Waals surface area contributed by atoms with Gasteiger partial charge in [-0.1, -0.05) is 37.6 Å². The van der Waals surface area contributed by atoms with Gasteiger partial charge >= 0.3 is 0 Å². The Balaban J connectivity index is 2.49. The van der Waals surface area contributed by atoms with Crippen LogP contribution in [0, 0.1) is 5.41 Å². The topological polar surface area (TPSA) is 32.3 Å². The summed E-state index contributed by atoms with van der Waals surface area (Å²) in [5.41, 5.74) is 1.26. The van der Waals surface area contributed by atoms with Crippen LogP contribution in [0.15, 0.2) is 24.3 Å². The molecule has 1 aromatic rings. The van der Waals surface area contributed by atoms with Gasteiger partial charge in [0.1, 0.15) is 0 Å². The molecular formula is C16H26ClNO. The molecule has 1 rings (SSSR count). The van der Waals surface area contributed by atoms with Gasteiger partial charge in [-0.25, -0.2) is 0 Å². The highest BCUT2D eigenvalue weighted by Gasteiger charge is 2.25. The third-order valence-electron chi connectivity index (χ3n) is 4.09. The SMILES string of the molecule is CCC(CC)(CO)CNC(C)Cc1cccc(Cl)c1. The summed E-state index contributed by atoms with van der Waals surface area (Å²) in [4.78, 5) is 0. The predicted molar refractivity (Wildman–Crippen MR) is 82.7 cm³/mol. The van der Waals surface area contributed by atoms with Gasteiger partial charge in [0.25, 0.3) is 0 Å². The predicted octanol–water partition coefficient (Wildman–Crippen LogP) is 3.66. The standard InChI is InChI=1S/C16H26ClNO/c1-4-16(5-2,12-19)11-18-13(3)9-14-7-6-8-15(17)10-14/h6-8,10,13,18-19H,4-5,9,11-12H2,1-3H3. The zero-order valence-electron chi connectivity index (χ0n) is 12.2. The molecule has 0 saturated heterocycles. The molecule has 1 atom stereocenters. The van der Waals surface area contributed by atoms with Gasteiger partial charge in [0.2, 0.25) is 0 Å². The largest absolute Gasteiger partial charge is 0.396 e. The summed E-state index contributed by atoms with van der Waals surface area (Å²) in [5.74, 6) is 0. The fourth-order valence-electron chi connectivity index (χ4n) is 2.26. The van der Waals surface area contributed by atoms with Crippen LogP contribution in [0.2, 0.25) is 5.02 Å². The van der Waals surface area contributed by atoms with Gasteiger partial charge < -0.3 is 10.4 Å². The van der Waals surface area contributed by atoms with Crippen molar-refractivity contribution in [2.24, 2.45) is 5.41 Å². The summed E-state index contributed by atoms with van der Waals surface area (Å²) in [7, 11) is 0. The van der Waals surface area contributed by atoms with Crippen LogP contribution in [0.3, 0.4) is 0 Å². The van der Waals surface area contributed by atoms with Crippen molar-refractivity contribution < 1.29 is 5.11 Å². The van der Waals surface area contributed by atoms with E-state index in [1.54, 1.807) is 0 Å². The summed E-state index contributed by atoms with van der Waals surface area (Å²) in [6.45, 7) is 7.57. The smallest absolute Gasteiger partial charge is 0.0499 e. The Bertz CT molecular complexity index is 369. The normalized spacial score (nSPS) is 13.5. The molecule has 3 heteroatoms. The molecule has 0 aliphatic rings. The van der Waals surface area contributed by atoms with Crippen LogP contribution in [0.4, 0.5) is 0 Å². The zero-order valence-corrected chi connectivity index (χ0v) is 13.0. The third-order valence-corrected chi connectivity index (χ3v) is 4.33. The lowest BCUT2D eigenvalue weighted by molar-refractivity contribution is 0.110. The summed E-state index contributed by atoms with van der Waals surface area (Å²) >= 11 is 5.99. The van der Waals surface area contributed by atoms with Gasteiger partial charge in [-0.05, 0) is 43.9 Å². The number of hydrogen-bond donors (Lipinski definition) is 2. The number of hydrogen-bond acceptors (Lipinski definition) is 2. The molecule has 0 fully saturated rings. The van der Waals surface area contributed by atoms with E-state index in [-0.39, 0.29) is 12.0 Å². The van der Waals surface area contributed by atoms with E-state index >= 15 is 0 Å². The van der Waals surface area contributed by atoms with Crippen molar-refractivity contribution in [1.82, 2.24) is 5.32 Å². The van der Waals surface area contributed by atoms with Crippen molar-refractivity contribution in [2.75, 3.05) is 13.2 Å². The maximum Gasteiger partial charge on any atom is 0.0499 e. The van der Waals surface area contributed by atoms with E-state index in [9.17, 15) is 5.11 Å². The minimum Gasteiger partial charge on any atom is -0.396 e. The van der Waals surface area contributed by atoms with Crippen molar-refractivity contribution in [3.8, 4) is 0 Å². The maximum atomic E-state index is 9.56. The van der Waals surface area contributed by atoms with E-state index in [1.165, 1.54) is 5.56 Å². The van der Waals surface area contributed by atoms with Crippen LogP contribution in [0.1, 0.15) is 39.2 Å². The molecule has 108 valence electrons. The molecular weight excluding hydrogens is 258 g/mol. The van der Waals surface area contributed by atoms with Gasteiger partial charge in [-0.2, -0.15) is 0 Å². The molecule has 1 unspecified atom stereocenters. The second-order valence-electron chi connectivity index (χ2n) is 5.48. The lowest BCUT2D eigenvalue weighted by Gasteiger charge is -2.31. The van der Waals surface area contributed by atoms with Gasteiger partial charge in [0.05, 0.1) is 0 Å². The van der Waals surface area contributed by atoms with Crippen molar-refractivity contribution in [3.63, 3.8) is 0 Å². The van der Waals surface area contributed by atoms with E-state index in [0.29, 0.717) is 6.04 Å². The van der Waals surface area contributed by atoms with Crippen molar-refractivity contribution in [2.45, 2.75) is 46.1 Å². The highest BCUT2D eigenvalue weighted by atomic mass is 35.5. The first-order valence-corrected chi connectivity index (χ1v) is 7.51. The molecule has 0 aromatic heterocycles. The van der Waals surface area contributed by atoms with E-state index in [0.717, 1.165) is 30.8 Å². The molecule has 19 heavy (non-hydrogen) atoms. The fraction of sp³-hybridized carbons (Fsp3) is 0.625. The third kappa shape index (κ3) is 5.13. The van der Waals surface area contributed by atoms with Gasteiger partial charge in [-0.15, -0.1) is 0 Å². The molecule has 0 bridgehead atoms. The molecule has 0 radical (unpaired) electrons. The van der Waals surface area contributed by atoms with Gasteiger partial charge in [0.15, 0.2) is 0 Å². The average Bonchev–Trinajstić information content (AvgIpc) is 2.41. The van der Waals surface area contributed by atoms with Crippen molar-refractivity contribution in [3.05, 3.63) is 34.9 Å². The maximum absolute atomic E-state index is 9.56. The average molecular weight is 284 g/mol. The molecule has 0 aliphatic heterocycles. The van der Waals surface area contributed by atoms with Crippen LogP contribution in [0.5, 0.6) is 0 Å². The Morgan fingerprint density at radius 3 is 2.53 bits per heavy atom. The summed E-state index contributed by atoms with van der Waals surface area (Å²) in [6.07, 6.45) is 2.95. The lowest BCUT2D eigenvalue weighted by atomic mass is 9.83. The Labute approximate surface area is 122 Å². The number of aliphatic hydroxyl groups excluding tert-OH is 1. The van der Waals surface area contributed by atoms with Crippen molar-refractivity contribution in [1.29, 1.82) is 0 Å². The number of rotatable bonds is 8. The number of benzene rings is 1. The minimum atomic E-state index is 0.0165. The van der Waals surface area contributed by atoms with Crippen LogP contribution < -0.4 is 5.32 Å². The van der Waals surface area contributed by atoms with Crippen LogP contribution in [-0.4, -0.2) is 24.3 Å². The van der Waals surface area contributed by atoms with Crippen LogP contribution in [0.25, 0.3) is 0 Å². The Morgan fingerprint density at radius 2 is 2.00 bits per heavy atom. The molecule has 0 saturated carbocycles. The fourth-order valence-corrected chi connectivity index (χ4v) is 2.47. The molecule has 1 aromatic carbocycles. The quantitative estimate of drug-likeness (QED) is 0.763. The second kappa shape index (κ2) is 7.88. The molecule has 0 heterocycles. The van der Waals surface area contributed by atoms with Gasteiger partial charge in [0, 0.05) is 29.6 Å². The van der Waals surface area contributed by atoms with E-state index in [1.807, 2.05) is 18.2 Å². The van der Waals surface area contributed by atoms with Gasteiger partial charge in [-0.3, -0.25) is 0 Å². The summed E-state index contributed by atoms with van der Waals surface area (Å²) < 4.78 is 0. The highest BCUT2D eigenvalue weighted by molar-refractivity contribution is 6.30. The molecule has 0 spiro atoms. The Hall–Kier alpha value is -0.570. The first-order valence-electron chi connectivity index (χ1n) is 7.14. The monoisotopic (exact) mass is 283 g/mol. The molecule has 0 amide bonds. The minimum absolute atomic E-state index is 0.0165. The molecule has 0 aliphatic carbocycles. The van der Waals surface area contributed by atoms with E-state index in [4.69, 9.17) is 11.6 Å². The highest BCUT2D eigenvalue weighted by Crippen LogP contribution is 2.24. The molecule has 2 N–H and O–H groups in total. The second-order valence-corrected chi connectivity index (χ2v) is 5.92. The Morgan fingerprint density at radius 1 is 1.32 bits per heavy atom. The van der Waals surface area contributed by atoms with Crippen LogP contribution >= 0.6 is 11.6 Å². The number of halogens is 1. The van der Waals surface area contributed by atoms with E-state index < -0.39 is 0 Å². The lowest BCUT2D eigenvalue weighted by Crippen LogP contribution is -2.41. The first kappa shape index (κ1) is 16.5. The van der Waals surface area contributed by atoms with Crippen molar-refractivity contribution >= 4 is 11.6 Å².